The van der Waals surface area contributed by atoms with Gasteiger partial charge in [-0.1, -0.05) is 0 Å². The molecular formula is C12H23N3O3. The van der Waals surface area contributed by atoms with Crippen LogP contribution in [0.2, 0.25) is 0 Å². The van der Waals surface area contributed by atoms with Crippen LogP contribution in [0, 0.1) is 0 Å². The van der Waals surface area contributed by atoms with Crippen molar-refractivity contribution < 1.29 is 14.7 Å². The Hall–Kier alpha value is -1.14. The second-order valence-electron chi connectivity index (χ2n) is 4.82. The van der Waals surface area contributed by atoms with Crippen LogP contribution in [0.5, 0.6) is 0 Å². The fourth-order valence-corrected chi connectivity index (χ4v) is 2.27. The van der Waals surface area contributed by atoms with Gasteiger partial charge in [-0.25, -0.2) is 0 Å². The summed E-state index contributed by atoms with van der Waals surface area (Å²) in [7, 11) is 1.82. The van der Waals surface area contributed by atoms with E-state index in [4.69, 9.17) is 5.11 Å². The number of carbonyl (C=O) groups is 2. The van der Waals surface area contributed by atoms with Crippen molar-refractivity contribution in [1.82, 2.24) is 15.1 Å². The minimum atomic E-state index is -0.821. The van der Waals surface area contributed by atoms with Crippen LogP contribution in [-0.2, 0) is 9.59 Å². The van der Waals surface area contributed by atoms with Crippen molar-refractivity contribution in [3.05, 3.63) is 0 Å². The van der Waals surface area contributed by atoms with Gasteiger partial charge in [-0.3, -0.25) is 14.5 Å². The molecule has 0 spiro atoms. The van der Waals surface area contributed by atoms with E-state index < -0.39 is 11.5 Å². The molecule has 18 heavy (non-hydrogen) atoms. The lowest BCUT2D eigenvalue weighted by Crippen LogP contribution is -2.69. The van der Waals surface area contributed by atoms with Gasteiger partial charge in [0.15, 0.2) is 0 Å². The summed E-state index contributed by atoms with van der Waals surface area (Å²) in [6, 6.07) is 0. The minimum Gasteiger partial charge on any atom is -0.481 e. The zero-order valence-corrected chi connectivity index (χ0v) is 11.4. The molecular weight excluding hydrogens is 234 g/mol. The summed E-state index contributed by atoms with van der Waals surface area (Å²) in [6.45, 7) is 6.79. The summed E-state index contributed by atoms with van der Waals surface area (Å²) in [4.78, 5) is 26.5. The number of rotatable bonds is 7. The average Bonchev–Trinajstić information content (AvgIpc) is 2.24. The Morgan fingerprint density at radius 3 is 2.17 bits per heavy atom. The second kappa shape index (κ2) is 6.15. The van der Waals surface area contributed by atoms with Gasteiger partial charge in [-0.2, -0.15) is 0 Å². The van der Waals surface area contributed by atoms with E-state index in [-0.39, 0.29) is 18.9 Å². The lowest BCUT2D eigenvalue weighted by Gasteiger charge is -2.48. The number of aliphatic carboxylic acids is 1. The van der Waals surface area contributed by atoms with E-state index in [9.17, 15) is 9.59 Å². The zero-order chi connectivity index (χ0) is 13.8. The van der Waals surface area contributed by atoms with Gasteiger partial charge in [-0.05, 0) is 20.9 Å². The maximum absolute atomic E-state index is 12.0. The molecule has 6 nitrogen and oxygen atoms in total. The maximum atomic E-state index is 12.0. The molecule has 1 aliphatic rings. The van der Waals surface area contributed by atoms with Crippen LogP contribution in [-0.4, -0.2) is 72.1 Å². The van der Waals surface area contributed by atoms with Gasteiger partial charge in [0.2, 0.25) is 5.91 Å². The molecule has 0 bridgehead atoms. The highest BCUT2D eigenvalue weighted by atomic mass is 16.4. The van der Waals surface area contributed by atoms with Gasteiger partial charge in [0.1, 0.15) is 0 Å². The molecule has 1 saturated heterocycles. The van der Waals surface area contributed by atoms with Crippen LogP contribution in [0.1, 0.15) is 20.3 Å². The first-order chi connectivity index (χ1) is 8.45. The first kappa shape index (κ1) is 14.9. The topological polar surface area (TPSA) is 72.9 Å². The molecule has 0 unspecified atom stereocenters. The third-order valence-electron chi connectivity index (χ3n) is 3.69. The molecule has 0 aromatic carbocycles. The number of hydrogen-bond donors (Lipinski definition) is 2. The van der Waals surface area contributed by atoms with Crippen LogP contribution in [0.15, 0.2) is 0 Å². The average molecular weight is 257 g/mol. The molecule has 0 saturated carbocycles. The van der Waals surface area contributed by atoms with E-state index in [1.165, 1.54) is 0 Å². The highest BCUT2D eigenvalue weighted by molar-refractivity contribution is 5.78. The predicted molar refractivity (Wildman–Crippen MR) is 68.4 cm³/mol. The van der Waals surface area contributed by atoms with Crippen molar-refractivity contribution in [3.63, 3.8) is 0 Å². The number of nitrogens with zero attached hydrogens (tertiary/aromatic N) is 2. The summed E-state index contributed by atoms with van der Waals surface area (Å²) >= 11 is 0. The quantitative estimate of drug-likeness (QED) is 0.649. The Bertz CT molecular complexity index is 312. The summed E-state index contributed by atoms with van der Waals surface area (Å²) in [5.41, 5.74) is -0.408. The van der Waals surface area contributed by atoms with Crippen LogP contribution in [0.4, 0.5) is 0 Å². The Labute approximate surface area is 108 Å². The summed E-state index contributed by atoms with van der Waals surface area (Å²) in [5.74, 6) is -0.766. The van der Waals surface area contributed by atoms with E-state index in [1.807, 2.05) is 25.8 Å². The molecule has 6 heteroatoms. The highest BCUT2D eigenvalue weighted by Gasteiger charge is 2.43. The molecule has 0 aliphatic carbocycles. The van der Waals surface area contributed by atoms with Crippen LogP contribution >= 0.6 is 0 Å². The molecule has 104 valence electrons. The van der Waals surface area contributed by atoms with Crippen molar-refractivity contribution in [1.29, 1.82) is 0 Å². The standard InChI is InChI=1S/C12H23N3O3/c1-4-15(5-2)10(16)7-14(3)12(6-11(17)18)8-13-9-12/h13H,4-9H2,1-3H3,(H,17,18). The second-order valence-corrected chi connectivity index (χ2v) is 4.82. The maximum Gasteiger partial charge on any atom is 0.305 e. The molecule has 0 atom stereocenters. The highest BCUT2D eigenvalue weighted by Crippen LogP contribution is 2.23. The lowest BCUT2D eigenvalue weighted by atomic mass is 9.87. The first-order valence-electron chi connectivity index (χ1n) is 6.36. The number of hydrogen-bond acceptors (Lipinski definition) is 4. The third kappa shape index (κ3) is 3.20. The largest absolute Gasteiger partial charge is 0.481 e. The Kier molecular flexibility index (Phi) is 5.10. The number of amides is 1. The number of nitrogens with one attached hydrogen (secondary N) is 1. The third-order valence-corrected chi connectivity index (χ3v) is 3.69. The molecule has 1 rings (SSSR count). The number of likely N-dealkylation sites (N-methyl/N-ethyl adjacent to an activating group) is 2. The zero-order valence-electron chi connectivity index (χ0n) is 11.4. The normalized spacial score (nSPS) is 17.3. The van der Waals surface area contributed by atoms with Gasteiger partial charge in [0.05, 0.1) is 18.5 Å². The summed E-state index contributed by atoms with van der Waals surface area (Å²) in [6.07, 6.45) is 0.0715. The number of carboxylic acids is 1. The monoisotopic (exact) mass is 257 g/mol. The number of carboxylic acid groups (broad SMARTS) is 1. The summed E-state index contributed by atoms with van der Waals surface area (Å²) < 4.78 is 0. The van der Waals surface area contributed by atoms with Gasteiger partial charge in [0.25, 0.3) is 0 Å². The van der Waals surface area contributed by atoms with E-state index in [2.05, 4.69) is 5.32 Å². The predicted octanol–water partition coefficient (Wildman–Crippen LogP) is -0.397. The molecule has 1 amide bonds. The number of carbonyl (C=O) groups excluding carboxylic acids is 1. The van der Waals surface area contributed by atoms with Gasteiger partial charge in [-0.15, -0.1) is 0 Å². The van der Waals surface area contributed by atoms with E-state index in [0.29, 0.717) is 26.2 Å². The fraction of sp³-hybridized carbons (Fsp3) is 0.833. The van der Waals surface area contributed by atoms with E-state index in [0.717, 1.165) is 0 Å². The van der Waals surface area contributed by atoms with E-state index in [1.54, 1.807) is 4.90 Å². The van der Waals surface area contributed by atoms with Crippen LogP contribution in [0.3, 0.4) is 0 Å². The molecule has 0 aromatic rings. The molecule has 0 radical (unpaired) electrons. The van der Waals surface area contributed by atoms with Crippen molar-refractivity contribution in [2.45, 2.75) is 25.8 Å². The first-order valence-corrected chi connectivity index (χ1v) is 6.36. The van der Waals surface area contributed by atoms with Crippen molar-refractivity contribution in [3.8, 4) is 0 Å². The van der Waals surface area contributed by atoms with Crippen LogP contribution in [0.25, 0.3) is 0 Å². The fourth-order valence-electron chi connectivity index (χ4n) is 2.27. The summed E-state index contributed by atoms with van der Waals surface area (Å²) in [5, 5.41) is 12.0. The lowest BCUT2D eigenvalue weighted by molar-refractivity contribution is -0.144. The Morgan fingerprint density at radius 1 is 1.28 bits per heavy atom. The smallest absolute Gasteiger partial charge is 0.305 e. The van der Waals surface area contributed by atoms with Crippen LogP contribution < -0.4 is 5.32 Å². The van der Waals surface area contributed by atoms with Gasteiger partial charge >= 0.3 is 5.97 Å². The van der Waals surface area contributed by atoms with E-state index >= 15 is 0 Å². The minimum absolute atomic E-state index is 0.0548. The molecule has 2 N–H and O–H groups in total. The van der Waals surface area contributed by atoms with Gasteiger partial charge in [0, 0.05) is 26.2 Å². The Morgan fingerprint density at radius 2 is 1.83 bits per heavy atom. The molecule has 0 aromatic heterocycles. The van der Waals surface area contributed by atoms with Gasteiger partial charge < -0.3 is 15.3 Å². The molecule has 1 aliphatic heterocycles. The SMILES string of the molecule is CCN(CC)C(=O)CN(C)C1(CC(=O)O)CNC1. The van der Waals surface area contributed by atoms with Crippen molar-refractivity contribution >= 4 is 11.9 Å². The Balaban J connectivity index is 2.60. The molecule has 1 heterocycles. The molecule has 1 fully saturated rings. The van der Waals surface area contributed by atoms with Crippen molar-refractivity contribution in [2.75, 3.05) is 39.8 Å². The van der Waals surface area contributed by atoms with Crippen molar-refractivity contribution in [2.24, 2.45) is 0 Å².